The van der Waals surface area contributed by atoms with Crippen LogP contribution in [0, 0.1) is 0 Å². The van der Waals surface area contributed by atoms with Gasteiger partial charge in [-0.3, -0.25) is 0 Å². The van der Waals surface area contributed by atoms with E-state index in [1.54, 1.807) is 0 Å². The molecule has 14 aromatic carbocycles. The van der Waals surface area contributed by atoms with Crippen LogP contribution < -0.4 is 57.3 Å². The molecule has 0 spiro atoms. The summed E-state index contributed by atoms with van der Waals surface area (Å²) in [5, 5.41) is 0. The molecule has 0 atom stereocenters. The Kier molecular flexibility index (Phi) is 14.8. The molecule has 0 aliphatic carbocycles. The van der Waals surface area contributed by atoms with E-state index in [4.69, 9.17) is 0 Å². The number of fused-ring (bicyclic) bond motifs is 8. The molecule has 0 amide bonds. The average molecular weight is 1300 g/mol. The number of para-hydroxylation sites is 9. The van der Waals surface area contributed by atoms with E-state index in [1.165, 1.54) is 65.1 Å². The zero-order valence-electron chi connectivity index (χ0n) is 57.1. The van der Waals surface area contributed by atoms with Gasteiger partial charge in [0.25, 0.3) is 6.71 Å². The summed E-state index contributed by atoms with van der Waals surface area (Å²) in [6, 6.07) is 125. The number of hydrogen-bond acceptors (Lipinski definition) is 6. The topological polar surface area (TPSA) is 16.2 Å². The molecule has 0 saturated heterocycles. The lowest BCUT2D eigenvalue weighted by Gasteiger charge is -2.46. The zero-order chi connectivity index (χ0) is 67.4. The molecule has 0 saturated carbocycles. The summed E-state index contributed by atoms with van der Waals surface area (Å²) < 4.78 is 0. The lowest BCUT2D eigenvalue weighted by Crippen LogP contribution is -2.64. The molecular weight excluding hydrogens is 1230 g/mol. The van der Waals surface area contributed by atoms with E-state index < -0.39 is 0 Å². The summed E-state index contributed by atoms with van der Waals surface area (Å²) in [5.74, 6) is 0. The third kappa shape index (κ3) is 10.3. The molecule has 0 fully saturated rings. The fraction of sp³-hybridized carbons (Fsp3) is 0.0870. The number of benzene rings is 14. The molecule has 14 aromatic rings. The molecule has 0 radical (unpaired) electrons. The van der Waals surface area contributed by atoms with Crippen LogP contribution in [-0.2, 0) is 10.8 Å². The van der Waals surface area contributed by atoms with E-state index in [9.17, 15) is 0 Å². The fourth-order valence-corrected chi connectivity index (χ4v) is 17.3. The molecule has 8 heteroatoms. The first kappa shape index (κ1) is 60.9. The molecule has 4 heterocycles. The van der Waals surface area contributed by atoms with Gasteiger partial charge < -0.3 is 24.5 Å². The first-order chi connectivity index (χ1) is 48.9. The summed E-state index contributed by atoms with van der Waals surface area (Å²) in [4.78, 5) is 15.1. The van der Waals surface area contributed by atoms with Crippen molar-refractivity contribution in [1.82, 2.24) is 0 Å². The zero-order valence-corrected chi connectivity index (χ0v) is 57.9. The van der Waals surface area contributed by atoms with Crippen molar-refractivity contribution in [2.45, 2.75) is 62.2 Å². The van der Waals surface area contributed by atoms with Crippen LogP contribution in [0.4, 0.5) is 85.3 Å². The molecule has 0 aromatic heterocycles. The maximum absolute atomic E-state index is 2.72. The van der Waals surface area contributed by atoms with Crippen LogP contribution in [0.2, 0.25) is 0 Å². The molecule has 0 bridgehead atoms. The Morgan fingerprint density at radius 1 is 0.270 bits per heavy atom. The van der Waals surface area contributed by atoms with Crippen LogP contribution in [0.1, 0.15) is 52.7 Å². The fourth-order valence-electron chi connectivity index (χ4n) is 16.1. The summed E-state index contributed by atoms with van der Waals surface area (Å²) in [6.45, 7) is 13.5. The van der Waals surface area contributed by atoms with E-state index in [-0.39, 0.29) is 24.3 Å². The van der Waals surface area contributed by atoms with E-state index in [0.29, 0.717) is 0 Å². The van der Waals surface area contributed by atoms with Gasteiger partial charge in [0.05, 0.1) is 11.4 Å². The van der Waals surface area contributed by atoms with Crippen molar-refractivity contribution in [2.75, 3.05) is 24.5 Å². The van der Waals surface area contributed by atoms with Gasteiger partial charge >= 0.3 is 0 Å². The Morgan fingerprint density at radius 3 is 1.07 bits per heavy atom. The molecule has 18 rings (SSSR count). The summed E-state index contributed by atoms with van der Waals surface area (Å²) in [6.07, 6.45) is 0. The smallest absolute Gasteiger partial charge is 0.252 e. The van der Waals surface area contributed by atoms with Gasteiger partial charge in [-0.25, -0.2) is 0 Å². The SMILES string of the molecule is CC(C)(C)c1ccc(-c2cccc(-c3ccc(C(C)(C)C)cc3)c2N2c3cc4c(cc3B3c5ccccc5N(c5ccccc5)c5cc(N(c6ccccc6)c6ccccc6)cc2c53)B2c3ccccc3N(c3ccccc3)c3cc(N(c5ccccc5)c5ccccc5)cc(c32)S4)cc1. The minimum Gasteiger partial charge on any atom is -0.311 e. The second kappa shape index (κ2) is 24.2. The lowest BCUT2D eigenvalue weighted by atomic mass is 9.31. The van der Waals surface area contributed by atoms with Gasteiger partial charge in [0.2, 0.25) is 6.71 Å². The Labute approximate surface area is 593 Å². The predicted octanol–water partition coefficient (Wildman–Crippen LogP) is 21.4. The van der Waals surface area contributed by atoms with Crippen molar-refractivity contribution in [1.29, 1.82) is 0 Å². The van der Waals surface area contributed by atoms with Gasteiger partial charge in [0.15, 0.2) is 0 Å². The van der Waals surface area contributed by atoms with Crippen LogP contribution >= 0.6 is 11.8 Å². The second-order valence-corrected chi connectivity index (χ2v) is 29.9. The van der Waals surface area contributed by atoms with Gasteiger partial charge in [-0.15, -0.1) is 0 Å². The highest BCUT2D eigenvalue weighted by atomic mass is 32.2. The van der Waals surface area contributed by atoms with Gasteiger partial charge in [0, 0.05) is 94.9 Å². The van der Waals surface area contributed by atoms with Crippen LogP contribution in [-0.4, -0.2) is 13.4 Å². The maximum Gasteiger partial charge on any atom is 0.252 e. The van der Waals surface area contributed by atoms with Crippen LogP contribution in [0.25, 0.3) is 22.3 Å². The number of rotatable bonds is 11. The molecular formula is C92H73B2N5S. The minimum atomic E-state index is -0.195. The first-order valence-corrected chi connectivity index (χ1v) is 35.8. The van der Waals surface area contributed by atoms with E-state index >= 15 is 0 Å². The summed E-state index contributed by atoms with van der Waals surface area (Å²) in [5.41, 5.74) is 31.5. The number of nitrogens with zero attached hydrogens (tertiary/aromatic N) is 5. The van der Waals surface area contributed by atoms with Gasteiger partial charge in [-0.05, 0) is 176 Å². The Morgan fingerprint density at radius 2 is 0.640 bits per heavy atom. The minimum absolute atomic E-state index is 0.0421. The van der Waals surface area contributed by atoms with Crippen molar-refractivity contribution >= 4 is 143 Å². The molecule has 4 aliphatic rings. The first-order valence-electron chi connectivity index (χ1n) is 35.0. The quantitative estimate of drug-likeness (QED) is 0.119. The Hall–Kier alpha value is -11.4. The Balaban J connectivity index is 0.976. The highest BCUT2D eigenvalue weighted by Gasteiger charge is 2.48. The van der Waals surface area contributed by atoms with E-state index in [1.807, 2.05) is 11.8 Å². The van der Waals surface area contributed by atoms with E-state index in [0.717, 1.165) is 96.2 Å². The van der Waals surface area contributed by atoms with E-state index in [2.05, 4.69) is 400 Å². The van der Waals surface area contributed by atoms with Crippen LogP contribution in [0.3, 0.4) is 0 Å². The largest absolute Gasteiger partial charge is 0.311 e. The molecule has 478 valence electrons. The number of hydrogen-bond donors (Lipinski definition) is 0. The summed E-state index contributed by atoms with van der Waals surface area (Å²) >= 11 is 1.92. The lowest BCUT2D eigenvalue weighted by molar-refractivity contribution is 0.590. The highest BCUT2D eigenvalue weighted by molar-refractivity contribution is 8.00. The number of anilines is 15. The molecule has 100 heavy (non-hydrogen) atoms. The second-order valence-electron chi connectivity index (χ2n) is 28.9. The third-order valence-corrected chi connectivity index (χ3v) is 21.9. The normalized spacial score (nSPS) is 13.2. The van der Waals surface area contributed by atoms with Crippen LogP contribution in [0.15, 0.2) is 343 Å². The predicted molar refractivity (Wildman–Crippen MR) is 428 cm³/mol. The summed E-state index contributed by atoms with van der Waals surface area (Å²) in [7, 11) is 0. The molecule has 5 nitrogen and oxygen atoms in total. The molecule has 0 unspecified atom stereocenters. The maximum atomic E-state index is 2.72. The highest BCUT2D eigenvalue weighted by Crippen LogP contribution is 2.54. The van der Waals surface area contributed by atoms with Crippen molar-refractivity contribution in [3.63, 3.8) is 0 Å². The molecule has 0 N–H and O–H groups in total. The van der Waals surface area contributed by atoms with Gasteiger partial charge in [0.1, 0.15) is 0 Å². The van der Waals surface area contributed by atoms with Crippen molar-refractivity contribution in [3.8, 4) is 22.3 Å². The third-order valence-electron chi connectivity index (χ3n) is 20.7. The van der Waals surface area contributed by atoms with Crippen molar-refractivity contribution in [2.24, 2.45) is 0 Å². The molecule has 4 aliphatic heterocycles. The monoisotopic (exact) mass is 1300 g/mol. The van der Waals surface area contributed by atoms with Crippen LogP contribution in [0.5, 0.6) is 0 Å². The van der Waals surface area contributed by atoms with Crippen molar-refractivity contribution in [3.05, 3.63) is 345 Å². The average Bonchev–Trinajstić information content (AvgIpc) is 0.690. The standard InChI is InChI=1S/C92H73B2N5S/c1-91(2,3)64-52-48-62(49-53-64)74-42-29-43-75(63-50-54-65(55-51-63)92(4,5)6)90(74)99-82-61-86-79(94-77-45-26-28-47-81(77)98(71-40-23-12-24-41-71)85-58-73(59-87(100-86)89(85)94)96(68-34-17-9-18-35-68)69-36-19-10-20-37-69)60-78(82)93-76-44-25-27-46-80(76)97(70-38-21-11-22-39-70)83-56-72(57-84(99)88(83)93)95(66-30-13-7-14-31-66)67-32-15-8-16-33-67/h7-61H,1-6H3. The Bertz CT molecular complexity index is 5280. The van der Waals surface area contributed by atoms with Crippen molar-refractivity contribution < 1.29 is 0 Å². The van der Waals surface area contributed by atoms with Gasteiger partial charge in [-0.1, -0.05) is 277 Å². The van der Waals surface area contributed by atoms with Gasteiger partial charge in [-0.2, -0.15) is 0 Å².